The van der Waals surface area contributed by atoms with Gasteiger partial charge in [-0.3, -0.25) is 4.79 Å². The molecule has 1 radical (unpaired) electrons. The van der Waals surface area contributed by atoms with Crippen LogP contribution in [-0.2, 0) is 4.79 Å². The Morgan fingerprint density at radius 1 is 1.36 bits per heavy atom. The molecule has 0 saturated heterocycles. The van der Waals surface area contributed by atoms with Crippen molar-refractivity contribution in [3.8, 4) is 0 Å². The molecule has 0 aliphatic carbocycles. The fourth-order valence-electron chi connectivity index (χ4n) is 0.684. The maximum absolute atomic E-state index is 10.1. The summed E-state index contributed by atoms with van der Waals surface area (Å²) in [6.45, 7) is 4.52. The second-order valence-electron chi connectivity index (χ2n) is 2.49. The maximum atomic E-state index is 10.1. The highest BCUT2D eigenvalue weighted by atomic mass is 16.1. The van der Waals surface area contributed by atoms with Crippen LogP contribution in [0.5, 0.6) is 0 Å². The van der Waals surface area contributed by atoms with Gasteiger partial charge in [-0.1, -0.05) is 19.1 Å². The largest absolute Gasteiger partial charge is 0.348 e. The summed E-state index contributed by atoms with van der Waals surface area (Å²) >= 11 is 0. The molecule has 0 aliphatic heterocycles. The minimum absolute atomic E-state index is 0.803. The number of amides is 1. The normalized spacial score (nSPS) is 10.4. The Morgan fingerprint density at radius 3 is 2.55 bits per heavy atom. The van der Waals surface area contributed by atoms with Crippen molar-refractivity contribution in [1.82, 2.24) is 4.90 Å². The summed E-state index contributed by atoms with van der Waals surface area (Å²) in [7, 11) is 1.78. The lowest BCUT2D eigenvalue weighted by Gasteiger charge is -2.06. The van der Waals surface area contributed by atoms with E-state index in [9.17, 15) is 4.79 Å². The lowest BCUT2D eigenvalue weighted by Crippen LogP contribution is -2.16. The van der Waals surface area contributed by atoms with E-state index in [0.29, 0.717) is 0 Å². The predicted molar refractivity (Wildman–Crippen MR) is 47.0 cm³/mol. The molecule has 0 atom stereocenters. The van der Waals surface area contributed by atoms with Crippen LogP contribution in [0.2, 0.25) is 0 Å². The van der Waals surface area contributed by atoms with E-state index >= 15 is 0 Å². The minimum Gasteiger partial charge on any atom is -0.348 e. The standard InChI is InChI=1S/C9H16NO/c1-3-4-5-6-7-8-10(2)9-11/h5-6,9H,1,3-4,7-8H2,2H3. The highest BCUT2D eigenvalue weighted by molar-refractivity contribution is 5.46. The van der Waals surface area contributed by atoms with Crippen molar-refractivity contribution < 1.29 is 4.79 Å². The van der Waals surface area contributed by atoms with Crippen LogP contribution in [-0.4, -0.2) is 24.9 Å². The van der Waals surface area contributed by atoms with Crippen molar-refractivity contribution in [2.24, 2.45) is 0 Å². The average Bonchev–Trinajstić information content (AvgIpc) is 2.04. The fraction of sp³-hybridized carbons (Fsp3) is 0.556. The third-order valence-electron chi connectivity index (χ3n) is 1.37. The van der Waals surface area contributed by atoms with E-state index in [2.05, 4.69) is 19.1 Å². The number of hydrogen-bond acceptors (Lipinski definition) is 1. The number of allylic oxidation sites excluding steroid dienone is 1. The summed E-state index contributed by atoms with van der Waals surface area (Å²) in [5.41, 5.74) is 0. The Kier molecular flexibility index (Phi) is 6.79. The Hall–Kier alpha value is -0.790. The van der Waals surface area contributed by atoms with Gasteiger partial charge in [0.1, 0.15) is 0 Å². The Labute approximate surface area is 68.9 Å². The first kappa shape index (κ1) is 10.2. The molecule has 1 amide bonds. The molecule has 0 aromatic rings. The molecule has 0 aromatic heterocycles. The molecule has 0 unspecified atom stereocenters. The van der Waals surface area contributed by atoms with Gasteiger partial charge >= 0.3 is 0 Å². The van der Waals surface area contributed by atoms with E-state index in [0.717, 1.165) is 32.2 Å². The van der Waals surface area contributed by atoms with Gasteiger partial charge < -0.3 is 4.90 Å². The van der Waals surface area contributed by atoms with Gasteiger partial charge in [-0.2, -0.15) is 0 Å². The first-order valence-electron chi connectivity index (χ1n) is 3.91. The number of unbranched alkanes of at least 4 members (excludes halogenated alkanes) is 1. The topological polar surface area (TPSA) is 20.3 Å². The van der Waals surface area contributed by atoms with Gasteiger partial charge in [-0.05, 0) is 19.3 Å². The van der Waals surface area contributed by atoms with Gasteiger partial charge in [-0.15, -0.1) is 0 Å². The molecule has 0 heterocycles. The molecule has 0 aromatic carbocycles. The first-order valence-corrected chi connectivity index (χ1v) is 3.91. The van der Waals surface area contributed by atoms with Gasteiger partial charge in [0.25, 0.3) is 0 Å². The van der Waals surface area contributed by atoms with Crippen molar-refractivity contribution in [3.05, 3.63) is 19.1 Å². The Bertz CT molecular complexity index is 121. The summed E-state index contributed by atoms with van der Waals surface area (Å²) in [6, 6.07) is 0. The highest BCUT2D eigenvalue weighted by Gasteiger charge is 1.87. The van der Waals surface area contributed by atoms with E-state index < -0.39 is 0 Å². The number of hydrogen-bond donors (Lipinski definition) is 0. The number of carbonyl (C=O) groups is 1. The molecule has 63 valence electrons. The molecule has 2 nitrogen and oxygen atoms in total. The van der Waals surface area contributed by atoms with Crippen LogP contribution in [0.3, 0.4) is 0 Å². The molecule has 0 bridgehead atoms. The third-order valence-corrected chi connectivity index (χ3v) is 1.37. The van der Waals surface area contributed by atoms with Gasteiger partial charge in [-0.25, -0.2) is 0 Å². The van der Waals surface area contributed by atoms with Crippen LogP contribution in [0, 0.1) is 6.92 Å². The monoisotopic (exact) mass is 154 g/mol. The van der Waals surface area contributed by atoms with Crippen LogP contribution in [0.4, 0.5) is 0 Å². The van der Waals surface area contributed by atoms with Crippen molar-refractivity contribution in [2.75, 3.05) is 13.6 Å². The minimum atomic E-state index is 0.803. The average molecular weight is 154 g/mol. The second kappa shape index (κ2) is 7.32. The van der Waals surface area contributed by atoms with Gasteiger partial charge in [0.2, 0.25) is 6.41 Å². The van der Waals surface area contributed by atoms with Crippen molar-refractivity contribution >= 4 is 6.41 Å². The van der Waals surface area contributed by atoms with Crippen molar-refractivity contribution in [2.45, 2.75) is 19.3 Å². The number of nitrogens with zero attached hydrogens (tertiary/aromatic N) is 1. The Balaban J connectivity index is 3.18. The number of rotatable bonds is 6. The zero-order valence-electron chi connectivity index (χ0n) is 7.12. The predicted octanol–water partition coefficient (Wildman–Crippen LogP) is 1.64. The van der Waals surface area contributed by atoms with Gasteiger partial charge in [0.15, 0.2) is 0 Å². The van der Waals surface area contributed by atoms with Gasteiger partial charge in [0, 0.05) is 13.6 Å². The van der Waals surface area contributed by atoms with E-state index in [4.69, 9.17) is 0 Å². The zero-order chi connectivity index (χ0) is 8.53. The lowest BCUT2D eigenvalue weighted by atomic mass is 10.3. The smallest absolute Gasteiger partial charge is 0.209 e. The fourth-order valence-corrected chi connectivity index (χ4v) is 0.684. The molecule has 11 heavy (non-hydrogen) atoms. The molecular formula is C9H16NO. The van der Waals surface area contributed by atoms with Crippen LogP contribution in [0.25, 0.3) is 0 Å². The van der Waals surface area contributed by atoms with Crippen LogP contribution < -0.4 is 0 Å². The lowest BCUT2D eigenvalue weighted by molar-refractivity contribution is -0.116. The SMILES string of the molecule is [CH2]CCC=CCCN(C)C=O. The molecule has 0 N–H and O–H groups in total. The molecule has 0 rings (SSSR count). The van der Waals surface area contributed by atoms with E-state index in [1.54, 1.807) is 11.9 Å². The molecule has 0 saturated carbocycles. The summed E-state index contributed by atoms with van der Waals surface area (Å²) in [5, 5.41) is 0. The van der Waals surface area contributed by atoms with E-state index in [1.165, 1.54) is 0 Å². The Morgan fingerprint density at radius 2 is 2.00 bits per heavy atom. The molecule has 2 heteroatoms. The molecule has 0 spiro atoms. The van der Waals surface area contributed by atoms with Gasteiger partial charge in [0.05, 0.1) is 0 Å². The van der Waals surface area contributed by atoms with E-state index in [1.807, 2.05) is 0 Å². The first-order chi connectivity index (χ1) is 5.31. The number of carbonyl (C=O) groups excluding carboxylic acids is 1. The summed E-state index contributed by atoms with van der Waals surface area (Å²) in [5.74, 6) is 0. The maximum Gasteiger partial charge on any atom is 0.209 e. The quantitative estimate of drug-likeness (QED) is 0.420. The van der Waals surface area contributed by atoms with Crippen molar-refractivity contribution in [1.29, 1.82) is 0 Å². The zero-order valence-corrected chi connectivity index (χ0v) is 7.12. The van der Waals surface area contributed by atoms with Crippen LogP contribution in [0.15, 0.2) is 12.2 Å². The second-order valence-corrected chi connectivity index (χ2v) is 2.49. The molecule has 0 fully saturated rings. The third kappa shape index (κ3) is 7.10. The highest BCUT2D eigenvalue weighted by Crippen LogP contribution is 1.91. The van der Waals surface area contributed by atoms with Crippen LogP contribution >= 0.6 is 0 Å². The molecule has 0 aliphatic rings. The summed E-state index contributed by atoms with van der Waals surface area (Å²) in [4.78, 5) is 11.8. The van der Waals surface area contributed by atoms with E-state index in [-0.39, 0.29) is 0 Å². The van der Waals surface area contributed by atoms with Crippen molar-refractivity contribution in [3.63, 3.8) is 0 Å². The summed E-state index contributed by atoms with van der Waals surface area (Å²) in [6.07, 6.45) is 7.95. The summed E-state index contributed by atoms with van der Waals surface area (Å²) < 4.78 is 0. The molecular weight excluding hydrogens is 138 g/mol. The van der Waals surface area contributed by atoms with Crippen LogP contribution in [0.1, 0.15) is 19.3 Å².